The van der Waals surface area contributed by atoms with E-state index in [2.05, 4.69) is 5.32 Å². The third kappa shape index (κ3) is 5.43. The Labute approximate surface area is 157 Å². The summed E-state index contributed by atoms with van der Waals surface area (Å²) in [4.78, 5) is 35.9. The van der Waals surface area contributed by atoms with E-state index in [0.29, 0.717) is 21.8 Å². The van der Waals surface area contributed by atoms with Crippen LogP contribution in [0.2, 0.25) is 5.02 Å². The van der Waals surface area contributed by atoms with Gasteiger partial charge in [0.05, 0.1) is 5.56 Å². The fourth-order valence-corrected chi connectivity index (χ4v) is 2.05. The van der Waals surface area contributed by atoms with Crippen LogP contribution < -0.4 is 5.32 Å². The normalized spacial score (nSPS) is 10.9. The molecule has 0 fully saturated rings. The fraction of sp³-hybridized carbons (Fsp3) is 0.250. The Morgan fingerprint density at radius 3 is 2.00 bits per heavy atom. The summed E-state index contributed by atoms with van der Waals surface area (Å²) in [7, 11) is 0. The summed E-state index contributed by atoms with van der Waals surface area (Å²) in [5, 5.41) is 3.28. The monoisotopic (exact) mass is 373 g/mol. The van der Waals surface area contributed by atoms with Gasteiger partial charge in [-0.15, -0.1) is 0 Å². The number of amides is 1. The summed E-state index contributed by atoms with van der Waals surface area (Å²) in [6.45, 7) is 5.03. The molecule has 0 bridgehead atoms. The quantitative estimate of drug-likeness (QED) is 0.790. The van der Waals surface area contributed by atoms with Crippen LogP contribution in [-0.4, -0.2) is 24.3 Å². The van der Waals surface area contributed by atoms with E-state index in [0.717, 1.165) is 0 Å². The molecule has 0 aromatic heterocycles. The van der Waals surface area contributed by atoms with Crippen LogP contribution in [0.25, 0.3) is 0 Å². The number of nitrogens with one attached hydrogen (secondary N) is 1. The van der Waals surface area contributed by atoms with E-state index in [-0.39, 0.29) is 18.3 Å². The largest absolute Gasteiger partial charge is 0.454 e. The van der Waals surface area contributed by atoms with Gasteiger partial charge in [0.2, 0.25) is 0 Å². The van der Waals surface area contributed by atoms with Gasteiger partial charge in [-0.3, -0.25) is 9.59 Å². The van der Waals surface area contributed by atoms with Crippen LogP contribution in [0.3, 0.4) is 0 Å². The van der Waals surface area contributed by atoms with Crippen molar-refractivity contribution in [3.8, 4) is 0 Å². The molecule has 2 aromatic rings. The summed E-state index contributed by atoms with van der Waals surface area (Å²) < 4.78 is 5.03. The second-order valence-corrected chi connectivity index (χ2v) is 7.22. The lowest BCUT2D eigenvalue weighted by Crippen LogP contribution is -2.26. The first-order valence-electron chi connectivity index (χ1n) is 8.04. The molecule has 5 nitrogen and oxygen atoms in total. The number of esters is 1. The maximum absolute atomic E-state index is 12.1. The predicted octanol–water partition coefficient (Wildman–Crippen LogP) is 4.36. The van der Waals surface area contributed by atoms with Gasteiger partial charge in [0.25, 0.3) is 5.91 Å². The summed E-state index contributed by atoms with van der Waals surface area (Å²) in [6.07, 6.45) is 0. The van der Waals surface area contributed by atoms with Gasteiger partial charge in [-0.05, 0) is 48.5 Å². The van der Waals surface area contributed by atoms with Crippen molar-refractivity contribution in [1.82, 2.24) is 0 Å². The number of hydrogen-bond acceptors (Lipinski definition) is 4. The van der Waals surface area contributed by atoms with Crippen LogP contribution in [0.4, 0.5) is 5.69 Å². The van der Waals surface area contributed by atoms with E-state index in [1.54, 1.807) is 57.2 Å². The van der Waals surface area contributed by atoms with Gasteiger partial charge in [0.15, 0.2) is 12.4 Å². The van der Waals surface area contributed by atoms with E-state index in [9.17, 15) is 14.4 Å². The van der Waals surface area contributed by atoms with E-state index >= 15 is 0 Å². The highest BCUT2D eigenvalue weighted by Crippen LogP contribution is 2.16. The number of ether oxygens (including phenoxy) is 1. The minimum Gasteiger partial charge on any atom is -0.454 e. The Kier molecular flexibility index (Phi) is 6.16. The molecule has 0 spiro atoms. The van der Waals surface area contributed by atoms with E-state index < -0.39 is 11.4 Å². The van der Waals surface area contributed by atoms with Crippen molar-refractivity contribution in [3.05, 3.63) is 64.7 Å². The second kappa shape index (κ2) is 8.15. The van der Waals surface area contributed by atoms with Crippen LogP contribution in [-0.2, 0) is 9.53 Å². The molecule has 0 radical (unpaired) electrons. The minimum absolute atomic E-state index is 0.155. The first kappa shape index (κ1) is 19.7. The average Bonchev–Trinajstić information content (AvgIpc) is 2.59. The molecule has 26 heavy (non-hydrogen) atoms. The fourth-order valence-electron chi connectivity index (χ4n) is 1.93. The first-order chi connectivity index (χ1) is 12.2. The molecule has 136 valence electrons. The van der Waals surface area contributed by atoms with Crippen molar-refractivity contribution in [2.24, 2.45) is 5.41 Å². The van der Waals surface area contributed by atoms with Crippen molar-refractivity contribution < 1.29 is 19.1 Å². The highest BCUT2D eigenvalue weighted by molar-refractivity contribution is 6.30. The van der Waals surface area contributed by atoms with Gasteiger partial charge < -0.3 is 10.1 Å². The molecular weight excluding hydrogens is 354 g/mol. The standard InChI is InChI=1S/C20H20ClNO4/c1-20(2,3)17(23)12-26-19(25)14-6-10-16(11-7-14)22-18(24)13-4-8-15(21)9-5-13/h4-11H,12H2,1-3H3,(H,22,24). The van der Waals surface area contributed by atoms with Gasteiger partial charge in [-0.1, -0.05) is 32.4 Å². The van der Waals surface area contributed by atoms with Gasteiger partial charge in [0.1, 0.15) is 0 Å². The SMILES string of the molecule is CC(C)(C)C(=O)COC(=O)c1ccc(NC(=O)c2ccc(Cl)cc2)cc1. The Hall–Kier alpha value is -2.66. The number of hydrogen-bond donors (Lipinski definition) is 1. The van der Waals surface area contributed by atoms with Crippen LogP contribution >= 0.6 is 11.6 Å². The molecule has 2 aromatic carbocycles. The molecule has 2 rings (SSSR count). The molecule has 0 saturated carbocycles. The Balaban J connectivity index is 1.95. The Bertz CT molecular complexity index is 805. The summed E-state index contributed by atoms with van der Waals surface area (Å²) in [5.41, 5.74) is 0.748. The summed E-state index contributed by atoms with van der Waals surface area (Å²) in [5.74, 6) is -1.02. The van der Waals surface area contributed by atoms with Gasteiger partial charge in [-0.25, -0.2) is 4.79 Å². The third-order valence-electron chi connectivity index (χ3n) is 3.66. The van der Waals surface area contributed by atoms with Crippen LogP contribution in [0.5, 0.6) is 0 Å². The molecule has 0 heterocycles. The summed E-state index contributed by atoms with van der Waals surface area (Å²) >= 11 is 5.80. The number of anilines is 1. The van der Waals surface area contributed by atoms with Crippen molar-refractivity contribution in [2.45, 2.75) is 20.8 Å². The number of halogens is 1. The molecule has 1 N–H and O–H groups in total. The van der Waals surface area contributed by atoms with Crippen LogP contribution in [0, 0.1) is 5.41 Å². The number of carbonyl (C=O) groups is 3. The van der Waals surface area contributed by atoms with Crippen molar-refractivity contribution >= 4 is 34.9 Å². The zero-order valence-electron chi connectivity index (χ0n) is 14.8. The molecular formula is C20H20ClNO4. The zero-order chi connectivity index (χ0) is 19.3. The lowest BCUT2D eigenvalue weighted by molar-refractivity contribution is -0.129. The molecule has 6 heteroatoms. The number of ketones is 1. The molecule has 0 aliphatic carbocycles. The number of rotatable bonds is 5. The molecule has 0 aliphatic rings. The molecule has 0 saturated heterocycles. The lowest BCUT2D eigenvalue weighted by Gasteiger charge is -2.16. The van der Waals surface area contributed by atoms with Gasteiger partial charge in [0, 0.05) is 21.7 Å². The van der Waals surface area contributed by atoms with Crippen LogP contribution in [0.15, 0.2) is 48.5 Å². The highest BCUT2D eigenvalue weighted by atomic mass is 35.5. The predicted molar refractivity (Wildman–Crippen MR) is 101 cm³/mol. The molecule has 1 amide bonds. The zero-order valence-corrected chi connectivity index (χ0v) is 15.6. The maximum Gasteiger partial charge on any atom is 0.338 e. The smallest absolute Gasteiger partial charge is 0.338 e. The van der Waals surface area contributed by atoms with Gasteiger partial charge in [-0.2, -0.15) is 0 Å². The van der Waals surface area contributed by atoms with Crippen molar-refractivity contribution in [1.29, 1.82) is 0 Å². The lowest BCUT2D eigenvalue weighted by atomic mass is 9.91. The molecule has 0 aliphatic heterocycles. The van der Waals surface area contributed by atoms with E-state index in [1.165, 1.54) is 12.1 Å². The number of benzene rings is 2. The molecule has 0 unspecified atom stereocenters. The molecule has 0 atom stereocenters. The van der Waals surface area contributed by atoms with E-state index in [1.807, 2.05) is 0 Å². The number of Topliss-reactive ketones (excluding diaryl/α,β-unsaturated/α-hetero) is 1. The Morgan fingerprint density at radius 1 is 0.923 bits per heavy atom. The Morgan fingerprint density at radius 2 is 1.46 bits per heavy atom. The van der Waals surface area contributed by atoms with Crippen molar-refractivity contribution in [3.63, 3.8) is 0 Å². The first-order valence-corrected chi connectivity index (χ1v) is 8.42. The minimum atomic E-state index is -0.585. The summed E-state index contributed by atoms with van der Waals surface area (Å²) in [6, 6.07) is 12.8. The maximum atomic E-state index is 12.1. The third-order valence-corrected chi connectivity index (χ3v) is 3.91. The highest BCUT2D eigenvalue weighted by Gasteiger charge is 2.22. The second-order valence-electron chi connectivity index (χ2n) is 6.79. The van der Waals surface area contributed by atoms with Crippen molar-refractivity contribution in [2.75, 3.05) is 11.9 Å². The number of carbonyl (C=O) groups excluding carboxylic acids is 3. The average molecular weight is 374 g/mol. The van der Waals surface area contributed by atoms with Crippen LogP contribution in [0.1, 0.15) is 41.5 Å². The van der Waals surface area contributed by atoms with Gasteiger partial charge >= 0.3 is 5.97 Å². The van der Waals surface area contributed by atoms with E-state index in [4.69, 9.17) is 16.3 Å². The topological polar surface area (TPSA) is 72.5 Å².